The molecule has 0 saturated carbocycles. The Balaban J connectivity index is 1.99. The molecule has 0 aliphatic heterocycles. The van der Waals surface area contributed by atoms with E-state index < -0.39 is 0 Å². The van der Waals surface area contributed by atoms with E-state index in [0.717, 1.165) is 11.3 Å². The molecule has 0 unspecified atom stereocenters. The average Bonchev–Trinajstić information content (AvgIpc) is 2.44. The summed E-state index contributed by atoms with van der Waals surface area (Å²) < 4.78 is 12.9. The summed E-state index contributed by atoms with van der Waals surface area (Å²) in [7, 11) is 1.65. The highest BCUT2D eigenvalue weighted by Crippen LogP contribution is 2.18. The van der Waals surface area contributed by atoms with Gasteiger partial charge in [0.2, 0.25) is 5.91 Å². The van der Waals surface area contributed by atoms with Crippen molar-refractivity contribution in [3.63, 3.8) is 0 Å². The van der Waals surface area contributed by atoms with Gasteiger partial charge in [0.15, 0.2) is 0 Å². The Morgan fingerprint density at radius 3 is 2.52 bits per heavy atom. The molecule has 0 aromatic heterocycles. The van der Waals surface area contributed by atoms with Gasteiger partial charge >= 0.3 is 0 Å². The minimum atomic E-state index is -0.327. The molecule has 110 valence electrons. The zero-order chi connectivity index (χ0) is 15.4. The van der Waals surface area contributed by atoms with E-state index in [2.05, 4.69) is 5.32 Å². The summed E-state index contributed by atoms with van der Waals surface area (Å²) in [6, 6.07) is 11.3. The molecule has 0 fully saturated rings. The van der Waals surface area contributed by atoms with Crippen molar-refractivity contribution in [2.75, 3.05) is 23.8 Å². The molecular weight excluding hydrogens is 291 g/mol. The monoisotopic (exact) mass is 306 g/mol. The lowest BCUT2D eigenvalue weighted by atomic mass is 10.2. The van der Waals surface area contributed by atoms with Crippen molar-refractivity contribution in [2.24, 2.45) is 0 Å². The van der Waals surface area contributed by atoms with Crippen LogP contribution in [0.25, 0.3) is 0 Å². The third-order valence-electron chi connectivity index (χ3n) is 3.07. The molecule has 0 aliphatic carbocycles. The Morgan fingerprint density at radius 1 is 1.24 bits per heavy atom. The minimum absolute atomic E-state index is 0.126. The topological polar surface area (TPSA) is 32.3 Å². The second-order valence-electron chi connectivity index (χ2n) is 4.80. The van der Waals surface area contributed by atoms with Crippen molar-refractivity contribution in [3.05, 3.63) is 58.9 Å². The standard InChI is InChI=1S/C16H16ClFN2O/c1-11-7-12(17)9-14(8-11)19-10-16(21)20(2)15-5-3-13(18)4-6-15/h3-9,19H,10H2,1-2H3. The maximum atomic E-state index is 12.9. The first-order chi connectivity index (χ1) is 9.95. The van der Waals surface area contributed by atoms with Crippen LogP contribution in [0.4, 0.5) is 15.8 Å². The highest BCUT2D eigenvalue weighted by Gasteiger charge is 2.10. The van der Waals surface area contributed by atoms with E-state index in [4.69, 9.17) is 11.6 Å². The van der Waals surface area contributed by atoms with E-state index in [1.807, 2.05) is 19.1 Å². The number of nitrogens with zero attached hydrogens (tertiary/aromatic N) is 1. The highest BCUT2D eigenvalue weighted by molar-refractivity contribution is 6.30. The molecule has 2 rings (SSSR count). The van der Waals surface area contributed by atoms with Crippen molar-refractivity contribution < 1.29 is 9.18 Å². The van der Waals surface area contributed by atoms with Crippen LogP contribution in [0.15, 0.2) is 42.5 Å². The fourth-order valence-electron chi connectivity index (χ4n) is 1.94. The fourth-order valence-corrected chi connectivity index (χ4v) is 2.23. The van der Waals surface area contributed by atoms with E-state index in [0.29, 0.717) is 10.7 Å². The third kappa shape index (κ3) is 4.20. The number of benzene rings is 2. The number of likely N-dealkylation sites (N-methyl/N-ethyl adjacent to an activating group) is 1. The number of hydrogen-bond acceptors (Lipinski definition) is 2. The molecule has 1 amide bonds. The van der Waals surface area contributed by atoms with Gasteiger partial charge in [-0.15, -0.1) is 0 Å². The summed E-state index contributed by atoms with van der Waals surface area (Å²) in [5.74, 6) is -0.452. The summed E-state index contributed by atoms with van der Waals surface area (Å²) in [4.78, 5) is 13.6. The Hall–Kier alpha value is -2.07. The van der Waals surface area contributed by atoms with Crippen LogP contribution < -0.4 is 10.2 Å². The molecule has 0 spiro atoms. The summed E-state index contributed by atoms with van der Waals surface area (Å²) in [5.41, 5.74) is 2.45. The normalized spacial score (nSPS) is 10.3. The summed E-state index contributed by atoms with van der Waals surface area (Å²) >= 11 is 5.97. The number of amides is 1. The van der Waals surface area contributed by atoms with Crippen LogP contribution in [-0.2, 0) is 4.79 Å². The van der Waals surface area contributed by atoms with Gasteiger partial charge in [0.1, 0.15) is 5.82 Å². The van der Waals surface area contributed by atoms with Crippen molar-refractivity contribution in [2.45, 2.75) is 6.92 Å². The van der Waals surface area contributed by atoms with Crippen molar-refractivity contribution in [3.8, 4) is 0 Å². The molecule has 0 atom stereocenters. The summed E-state index contributed by atoms with van der Waals surface area (Å²) in [5, 5.41) is 3.66. The molecule has 1 N–H and O–H groups in total. The molecule has 0 saturated heterocycles. The molecule has 0 bridgehead atoms. The minimum Gasteiger partial charge on any atom is -0.376 e. The number of anilines is 2. The van der Waals surface area contributed by atoms with Crippen LogP contribution in [-0.4, -0.2) is 19.5 Å². The average molecular weight is 307 g/mol. The Bertz CT molecular complexity index is 623. The SMILES string of the molecule is Cc1cc(Cl)cc(NCC(=O)N(C)c2ccc(F)cc2)c1. The second-order valence-corrected chi connectivity index (χ2v) is 5.24. The predicted molar refractivity (Wildman–Crippen MR) is 84.5 cm³/mol. The summed E-state index contributed by atoms with van der Waals surface area (Å²) in [6.45, 7) is 2.07. The lowest BCUT2D eigenvalue weighted by molar-refractivity contribution is -0.116. The Kier molecular flexibility index (Phi) is 4.81. The van der Waals surface area contributed by atoms with Gasteiger partial charge in [0.25, 0.3) is 0 Å². The number of aryl methyl sites for hydroxylation is 1. The first-order valence-electron chi connectivity index (χ1n) is 6.49. The number of hydrogen-bond donors (Lipinski definition) is 1. The van der Waals surface area contributed by atoms with E-state index in [-0.39, 0.29) is 18.3 Å². The Morgan fingerprint density at radius 2 is 1.90 bits per heavy atom. The quantitative estimate of drug-likeness (QED) is 0.930. The van der Waals surface area contributed by atoms with Crippen LogP contribution in [0.1, 0.15) is 5.56 Å². The number of rotatable bonds is 4. The maximum absolute atomic E-state index is 12.9. The largest absolute Gasteiger partial charge is 0.376 e. The lowest BCUT2D eigenvalue weighted by Gasteiger charge is -2.18. The first-order valence-corrected chi connectivity index (χ1v) is 6.87. The van der Waals surface area contributed by atoms with Crippen LogP contribution in [0.3, 0.4) is 0 Å². The van der Waals surface area contributed by atoms with Crippen LogP contribution in [0, 0.1) is 12.7 Å². The molecule has 2 aromatic rings. The van der Waals surface area contributed by atoms with E-state index in [1.54, 1.807) is 25.2 Å². The predicted octanol–water partition coefficient (Wildman–Crippen LogP) is 3.86. The van der Waals surface area contributed by atoms with Crippen molar-refractivity contribution in [1.82, 2.24) is 0 Å². The van der Waals surface area contributed by atoms with E-state index >= 15 is 0 Å². The van der Waals surface area contributed by atoms with Crippen LogP contribution >= 0.6 is 11.6 Å². The summed E-state index contributed by atoms with van der Waals surface area (Å²) in [6.07, 6.45) is 0. The van der Waals surface area contributed by atoms with Gasteiger partial charge in [-0.2, -0.15) is 0 Å². The molecule has 3 nitrogen and oxygen atoms in total. The molecule has 5 heteroatoms. The molecule has 0 heterocycles. The number of carbonyl (C=O) groups excluding carboxylic acids is 1. The Labute approximate surface area is 128 Å². The smallest absolute Gasteiger partial charge is 0.246 e. The lowest BCUT2D eigenvalue weighted by Crippen LogP contribution is -2.32. The molecule has 0 radical (unpaired) electrons. The number of carbonyl (C=O) groups is 1. The van der Waals surface area contributed by atoms with Gasteiger partial charge in [0, 0.05) is 23.4 Å². The van der Waals surface area contributed by atoms with Gasteiger partial charge in [0.05, 0.1) is 6.54 Å². The van der Waals surface area contributed by atoms with Gasteiger partial charge in [-0.05, 0) is 55.0 Å². The van der Waals surface area contributed by atoms with Gasteiger partial charge in [-0.25, -0.2) is 4.39 Å². The second kappa shape index (κ2) is 6.59. The zero-order valence-corrected chi connectivity index (χ0v) is 12.6. The van der Waals surface area contributed by atoms with E-state index in [1.165, 1.54) is 17.0 Å². The highest BCUT2D eigenvalue weighted by atomic mass is 35.5. The molecule has 21 heavy (non-hydrogen) atoms. The number of nitrogens with one attached hydrogen (secondary N) is 1. The third-order valence-corrected chi connectivity index (χ3v) is 3.29. The van der Waals surface area contributed by atoms with Crippen molar-refractivity contribution >= 4 is 28.9 Å². The van der Waals surface area contributed by atoms with Gasteiger partial charge in [-0.3, -0.25) is 4.79 Å². The fraction of sp³-hybridized carbons (Fsp3) is 0.188. The van der Waals surface area contributed by atoms with Gasteiger partial charge in [-0.1, -0.05) is 11.6 Å². The zero-order valence-electron chi connectivity index (χ0n) is 11.9. The maximum Gasteiger partial charge on any atom is 0.246 e. The van der Waals surface area contributed by atoms with Crippen LogP contribution in [0.5, 0.6) is 0 Å². The molecule has 0 aliphatic rings. The first kappa shape index (κ1) is 15.3. The van der Waals surface area contributed by atoms with Crippen molar-refractivity contribution in [1.29, 1.82) is 0 Å². The van der Waals surface area contributed by atoms with Gasteiger partial charge < -0.3 is 10.2 Å². The number of halogens is 2. The van der Waals surface area contributed by atoms with E-state index in [9.17, 15) is 9.18 Å². The molecule has 2 aromatic carbocycles. The molecular formula is C16H16ClFN2O. The van der Waals surface area contributed by atoms with Crippen LogP contribution in [0.2, 0.25) is 5.02 Å².